The van der Waals surface area contributed by atoms with Gasteiger partial charge in [0.15, 0.2) is 0 Å². The Morgan fingerprint density at radius 1 is 0.944 bits per heavy atom. The number of benzene rings is 4. The number of methoxy groups -OCH3 is 1. The van der Waals surface area contributed by atoms with Crippen LogP contribution in [0.25, 0.3) is 38.4 Å². The van der Waals surface area contributed by atoms with E-state index in [2.05, 4.69) is 35.6 Å². The van der Waals surface area contributed by atoms with E-state index in [1.54, 1.807) is 31.6 Å². The van der Waals surface area contributed by atoms with Gasteiger partial charge in [-0.05, 0) is 59.2 Å². The normalized spacial score (nSPS) is 11.6. The van der Waals surface area contributed by atoms with E-state index in [1.165, 1.54) is 17.5 Å². The predicted octanol–water partition coefficient (Wildman–Crippen LogP) is 6.40. The number of fused-ring (bicyclic) bond motifs is 2. The molecule has 4 aromatic carbocycles. The number of nitrogens with one attached hydrogen (secondary N) is 1. The molecule has 0 unspecified atom stereocenters. The highest BCUT2D eigenvalue weighted by atomic mass is 16.5. The van der Waals surface area contributed by atoms with Gasteiger partial charge in [0.25, 0.3) is 0 Å². The van der Waals surface area contributed by atoms with Crippen molar-refractivity contribution < 1.29 is 18.7 Å². The third kappa shape index (κ3) is 4.44. The third-order valence-electron chi connectivity index (χ3n) is 6.14. The van der Waals surface area contributed by atoms with Gasteiger partial charge < -0.3 is 20.2 Å². The second-order valence-corrected chi connectivity index (χ2v) is 8.52. The van der Waals surface area contributed by atoms with Crippen molar-refractivity contribution in [3.05, 3.63) is 102 Å². The highest BCUT2D eigenvalue weighted by molar-refractivity contribution is 6.06. The fourth-order valence-corrected chi connectivity index (χ4v) is 4.32. The summed E-state index contributed by atoms with van der Waals surface area (Å²) in [5.74, 6) is -0.296. The van der Waals surface area contributed by atoms with Crippen molar-refractivity contribution in [1.29, 1.82) is 0 Å². The molecule has 3 N–H and O–H groups in total. The number of carbonyl (C=O) groups is 2. The minimum absolute atomic E-state index is 0.321. The number of rotatable bonds is 6. The van der Waals surface area contributed by atoms with E-state index < -0.39 is 5.91 Å². The largest absolute Gasteiger partial charge is 0.496 e. The molecule has 6 nitrogen and oxygen atoms in total. The Balaban J connectivity index is 1.51. The molecule has 6 heteroatoms. The molecule has 0 bridgehead atoms. The van der Waals surface area contributed by atoms with E-state index in [1.807, 2.05) is 31.2 Å². The molecule has 0 atom stereocenters. The molecule has 0 saturated carbocycles. The molecule has 0 aliphatic carbocycles. The van der Waals surface area contributed by atoms with Gasteiger partial charge in [0.1, 0.15) is 11.3 Å². The Kier molecular flexibility index (Phi) is 6.00. The van der Waals surface area contributed by atoms with Crippen molar-refractivity contribution in [3.63, 3.8) is 0 Å². The summed E-state index contributed by atoms with van der Waals surface area (Å²) < 4.78 is 11.5. The van der Waals surface area contributed by atoms with Gasteiger partial charge >= 0.3 is 0 Å². The first-order chi connectivity index (χ1) is 17.4. The van der Waals surface area contributed by atoms with E-state index in [9.17, 15) is 9.59 Å². The third-order valence-corrected chi connectivity index (χ3v) is 6.14. The maximum absolute atomic E-state index is 12.7. The van der Waals surface area contributed by atoms with E-state index in [0.717, 1.165) is 27.5 Å². The number of amides is 2. The van der Waals surface area contributed by atoms with E-state index in [-0.39, 0.29) is 5.91 Å². The maximum atomic E-state index is 12.7. The summed E-state index contributed by atoms with van der Waals surface area (Å²) in [5, 5.41) is 6.01. The highest BCUT2D eigenvalue weighted by Gasteiger charge is 2.15. The molecule has 1 aromatic heterocycles. The number of ether oxygens (including phenoxy) is 1. The molecule has 0 aliphatic heterocycles. The van der Waals surface area contributed by atoms with Crippen LogP contribution in [0.3, 0.4) is 0 Å². The molecule has 5 rings (SSSR count). The summed E-state index contributed by atoms with van der Waals surface area (Å²) in [6.07, 6.45) is 3.24. The van der Waals surface area contributed by atoms with Crippen LogP contribution in [0, 0.1) is 0 Å². The van der Waals surface area contributed by atoms with Gasteiger partial charge in [0.05, 0.1) is 13.4 Å². The van der Waals surface area contributed by atoms with Gasteiger partial charge in [-0.2, -0.15) is 0 Å². The Morgan fingerprint density at radius 2 is 1.75 bits per heavy atom. The molecule has 0 spiro atoms. The van der Waals surface area contributed by atoms with Crippen LogP contribution in [0.5, 0.6) is 5.75 Å². The fourth-order valence-electron chi connectivity index (χ4n) is 4.32. The van der Waals surface area contributed by atoms with E-state index >= 15 is 0 Å². The lowest BCUT2D eigenvalue weighted by atomic mass is 9.97. The molecule has 0 aliphatic rings. The molecule has 0 radical (unpaired) electrons. The van der Waals surface area contributed by atoms with Crippen LogP contribution in [0.4, 0.5) is 5.69 Å². The second-order valence-electron chi connectivity index (χ2n) is 8.52. The minimum Gasteiger partial charge on any atom is -0.496 e. The molecule has 5 aromatic rings. The molecule has 0 fully saturated rings. The van der Waals surface area contributed by atoms with Gasteiger partial charge in [0.2, 0.25) is 11.8 Å². The SMILES string of the molecule is COc1cc2occ(-c3ccc4ccccc4c3)c2cc1/C(C)=C/C(=O)Nc1cccc(C(N)=O)c1. The number of nitrogens with two attached hydrogens (primary N) is 1. The lowest BCUT2D eigenvalue weighted by molar-refractivity contribution is -0.111. The number of hydrogen-bond acceptors (Lipinski definition) is 4. The van der Waals surface area contributed by atoms with Crippen molar-refractivity contribution in [1.82, 2.24) is 0 Å². The lowest BCUT2D eigenvalue weighted by Crippen LogP contribution is -2.13. The lowest BCUT2D eigenvalue weighted by Gasteiger charge is -2.11. The van der Waals surface area contributed by atoms with Crippen LogP contribution >= 0.6 is 0 Å². The summed E-state index contributed by atoms with van der Waals surface area (Å²) in [5.41, 5.74) is 10.3. The molecule has 1 heterocycles. The number of anilines is 1. The van der Waals surface area contributed by atoms with Crippen LogP contribution in [0.15, 0.2) is 95.6 Å². The second kappa shape index (κ2) is 9.43. The average Bonchev–Trinajstić information content (AvgIpc) is 3.30. The smallest absolute Gasteiger partial charge is 0.248 e. The number of hydrogen-bond donors (Lipinski definition) is 2. The fraction of sp³-hybridized carbons (Fsp3) is 0.0667. The van der Waals surface area contributed by atoms with Crippen LogP contribution in [-0.2, 0) is 4.79 Å². The zero-order valence-electron chi connectivity index (χ0n) is 19.9. The first-order valence-electron chi connectivity index (χ1n) is 11.4. The quantitative estimate of drug-likeness (QED) is 0.277. The zero-order valence-corrected chi connectivity index (χ0v) is 19.9. The Labute approximate surface area is 208 Å². The van der Waals surface area contributed by atoms with E-state index in [4.69, 9.17) is 14.9 Å². The first kappa shape index (κ1) is 22.9. The van der Waals surface area contributed by atoms with Crippen LogP contribution in [0.1, 0.15) is 22.8 Å². The monoisotopic (exact) mass is 476 g/mol. The average molecular weight is 477 g/mol. The molecule has 36 heavy (non-hydrogen) atoms. The topological polar surface area (TPSA) is 94.6 Å². The van der Waals surface area contributed by atoms with Crippen molar-refractivity contribution in [3.8, 4) is 16.9 Å². The molecule has 2 amide bonds. The van der Waals surface area contributed by atoms with Gasteiger partial charge in [-0.1, -0.05) is 42.5 Å². The molecular formula is C30H24N2O4. The van der Waals surface area contributed by atoms with Gasteiger partial charge in [-0.25, -0.2) is 0 Å². The van der Waals surface area contributed by atoms with Crippen molar-refractivity contribution in [2.45, 2.75) is 6.92 Å². The maximum Gasteiger partial charge on any atom is 0.248 e. The predicted molar refractivity (Wildman–Crippen MR) is 143 cm³/mol. The van der Waals surface area contributed by atoms with Gasteiger partial charge in [-0.15, -0.1) is 0 Å². The minimum atomic E-state index is -0.557. The van der Waals surface area contributed by atoms with Crippen LogP contribution < -0.4 is 15.8 Å². The highest BCUT2D eigenvalue weighted by Crippen LogP contribution is 2.38. The Morgan fingerprint density at radius 3 is 2.53 bits per heavy atom. The van der Waals surface area contributed by atoms with Gasteiger partial charge in [-0.3, -0.25) is 9.59 Å². The number of allylic oxidation sites excluding steroid dienone is 1. The van der Waals surface area contributed by atoms with Crippen molar-refractivity contribution in [2.24, 2.45) is 5.73 Å². The summed E-state index contributed by atoms with van der Waals surface area (Å²) >= 11 is 0. The Hall–Kier alpha value is -4.84. The van der Waals surface area contributed by atoms with Crippen molar-refractivity contribution >= 4 is 44.8 Å². The summed E-state index contributed by atoms with van der Waals surface area (Å²) in [7, 11) is 1.58. The first-order valence-corrected chi connectivity index (χ1v) is 11.4. The standard InChI is InChI=1S/C30H24N2O4/c1-18(12-29(33)32-23-9-5-8-22(14-23)30(31)34)24-15-25-26(17-36-28(25)16-27(24)35-2)21-11-10-19-6-3-4-7-20(19)13-21/h3-17H,1-2H3,(H2,31,34)(H,32,33)/b18-12+. The number of furan rings is 1. The summed E-state index contributed by atoms with van der Waals surface area (Å²) in [6, 6.07) is 24.8. The number of carbonyl (C=O) groups excluding carboxylic acids is 2. The van der Waals surface area contributed by atoms with E-state index in [0.29, 0.717) is 28.2 Å². The Bertz CT molecular complexity index is 1660. The van der Waals surface area contributed by atoms with Crippen LogP contribution in [-0.4, -0.2) is 18.9 Å². The van der Waals surface area contributed by atoms with Crippen LogP contribution in [0.2, 0.25) is 0 Å². The number of primary amides is 1. The molecule has 0 saturated heterocycles. The molecule has 178 valence electrons. The van der Waals surface area contributed by atoms with Crippen molar-refractivity contribution in [2.75, 3.05) is 12.4 Å². The van der Waals surface area contributed by atoms with Gasteiger partial charge in [0, 0.05) is 39.9 Å². The summed E-state index contributed by atoms with van der Waals surface area (Å²) in [4.78, 5) is 24.2. The zero-order chi connectivity index (χ0) is 25.2. The summed E-state index contributed by atoms with van der Waals surface area (Å²) in [6.45, 7) is 1.85. The molecular weight excluding hydrogens is 452 g/mol.